The fourth-order valence-corrected chi connectivity index (χ4v) is 2.61. The third-order valence-electron chi connectivity index (χ3n) is 3.92. The number of rotatable bonds is 8. The second-order valence-corrected chi connectivity index (χ2v) is 5.70. The van der Waals surface area contributed by atoms with Crippen molar-refractivity contribution in [3.8, 4) is 11.5 Å². The number of ether oxygens (including phenoxy) is 3. The van der Waals surface area contributed by atoms with Crippen LogP contribution in [-0.4, -0.2) is 39.2 Å². The number of benzene rings is 2. The highest BCUT2D eigenvalue weighted by molar-refractivity contribution is 5.86. The molecule has 0 spiro atoms. The molecule has 0 heterocycles. The molecular weight excluding hydrogens is 334 g/mol. The Kier molecular flexibility index (Phi) is 7.02. The van der Waals surface area contributed by atoms with Gasteiger partial charge in [0.2, 0.25) is 5.91 Å². The Labute approximate surface area is 153 Å². The van der Waals surface area contributed by atoms with Gasteiger partial charge in [0.1, 0.15) is 6.04 Å². The molecule has 6 heteroatoms. The molecule has 0 aliphatic heterocycles. The topological polar surface area (TPSA) is 73.9 Å². The summed E-state index contributed by atoms with van der Waals surface area (Å²) in [6.45, 7) is 0. The summed E-state index contributed by atoms with van der Waals surface area (Å²) in [5.41, 5.74) is 1.69. The lowest BCUT2D eigenvalue weighted by atomic mass is 10.1. The largest absolute Gasteiger partial charge is 0.493 e. The number of carbonyl (C=O) groups is 2. The third kappa shape index (κ3) is 5.24. The van der Waals surface area contributed by atoms with Crippen LogP contribution in [0.15, 0.2) is 48.5 Å². The first-order valence-electron chi connectivity index (χ1n) is 8.19. The Morgan fingerprint density at radius 1 is 0.923 bits per heavy atom. The van der Waals surface area contributed by atoms with Gasteiger partial charge < -0.3 is 19.5 Å². The smallest absolute Gasteiger partial charge is 0.328 e. The number of methoxy groups -OCH3 is 3. The number of carbonyl (C=O) groups excluding carboxylic acids is 2. The van der Waals surface area contributed by atoms with Crippen LogP contribution in [0.4, 0.5) is 0 Å². The number of nitrogens with one attached hydrogen (secondary N) is 1. The quantitative estimate of drug-likeness (QED) is 0.733. The molecule has 6 nitrogen and oxygen atoms in total. The van der Waals surface area contributed by atoms with Crippen LogP contribution < -0.4 is 14.8 Å². The summed E-state index contributed by atoms with van der Waals surface area (Å²) in [5.74, 6) is 0.387. The molecule has 2 aromatic carbocycles. The predicted molar refractivity (Wildman–Crippen MR) is 97.3 cm³/mol. The van der Waals surface area contributed by atoms with Gasteiger partial charge in [0, 0.05) is 6.42 Å². The van der Waals surface area contributed by atoms with Crippen LogP contribution >= 0.6 is 0 Å². The number of hydrogen-bond acceptors (Lipinski definition) is 5. The molecule has 2 aromatic rings. The lowest BCUT2D eigenvalue weighted by Gasteiger charge is -2.17. The van der Waals surface area contributed by atoms with Crippen LogP contribution in [-0.2, 0) is 27.2 Å². The SMILES string of the molecule is COC(=O)C(Cc1ccccc1)NC(=O)Cc1ccc(OC)c(OC)c1. The van der Waals surface area contributed by atoms with Crippen LogP contribution in [0.5, 0.6) is 11.5 Å². The van der Waals surface area contributed by atoms with Crippen molar-refractivity contribution in [1.29, 1.82) is 0 Å². The Balaban J connectivity index is 2.06. The molecule has 0 fully saturated rings. The Morgan fingerprint density at radius 3 is 2.23 bits per heavy atom. The summed E-state index contributed by atoms with van der Waals surface area (Å²) in [5, 5.41) is 2.75. The minimum Gasteiger partial charge on any atom is -0.493 e. The Hall–Kier alpha value is -3.02. The molecule has 0 saturated carbocycles. The molecule has 0 radical (unpaired) electrons. The molecule has 1 N–H and O–H groups in total. The Morgan fingerprint density at radius 2 is 1.62 bits per heavy atom. The lowest BCUT2D eigenvalue weighted by molar-refractivity contribution is -0.145. The maximum atomic E-state index is 12.4. The summed E-state index contributed by atoms with van der Waals surface area (Å²) >= 11 is 0. The minimum absolute atomic E-state index is 0.114. The van der Waals surface area contributed by atoms with Gasteiger partial charge in [-0.15, -0.1) is 0 Å². The van der Waals surface area contributed by atoms with Crippen molar-refractivity contribution >= 4 is 11.9 Å². The van der Waals surface area contributed by atoms with Gasteiger partial charge in [0.15, 0.2) is 11.5 Å². The van der Waals surface area contributed by atoms with Crippen molar-refractivity contribution in [2.75, 3.05) is 21.3 Å². The molecule has 26 heavy (non-hydrogen) atoms. The molecular formula is C20H23NO5. The monoisotopic (exact) mass is 357 g/mol. The van der Waals surface area contributed by atoms with Crippen LogP contribution in [0.3, 0.4) is 0 Å². The van der Waals surface area contributed by atoms with Crippen molar-refractivity contribution < 1.29 is 23.8 Å². The van der Waals surface area contributed by atoms with E-state index in [0.29, 0.717) is 17.9 Å². The zero-order chi connectivity index (χ0) is 18.9. The van der Waals surface area contributed by atoms with E-state index in [1.165, 1.54) is 14.2 Å². The standard InChI is InChI=1S/C20H23NO5/c1-24-17-10-9-15(12-18(17)25-2)13-19(22)21-16(20(23)26-3)11-14-7-5-4-6-8-14/h4-10,12,16H,11,13H2,1-3H3,(H,21,22). The highest BCUT2D eigenvalue weighted by Crippen LogP contribution is 2.27. The van der Waals surface area contributed by atoms with Gasteiger partial charge in [-0.25, -0.2) is 4.79 Å². The van der Waals surface area contributed by atoms with Gasteiger partial charge in [0.05, 0.1) is 27.8 Å². The maximum Gasteiger partial charge on any atom is 0.328 e. The third-order valence-corrected chi connectivity index (χ3v) is 3.92. The van der Waals surface area contributed by atoms with Gasteiger partial charge in [-0.1, -0.05) is 36.4 Å². The van der Waals surface area contributed by atoms with Crippen molar-refractivity contribution in [3.05, 3.63) is 59.7 Å². The normalized spacial score (nSPS) is 11.3. The first-order chi connectivity index (χ1) is 12.6. The summed E-state index contributed by atoms with van der Waals surface area (Å²) in [6.07, 6.45) is 0.480. The highest BCUT2D eigenvalue weighted by Gasteiger charge is 2.22. The molecule has 0 aliphatic rings. The number of esters is 1. The van der Waals surface area contributed by atoms with E-state index < -0.39 is 12.0 Å². The maximum absolute atomic E-state index is 12.4. The first-order valence-corrected chi connectivity index (χ1v) is 8.19. The second kappa shape index (κ2) is 9.46. The summed E-state index contributed by atoms with van der Waals surface area (Å²) < 4.78 is 15.2. The van der Waals surface area contributed by atoms with Gasteiger partial charge in [-0.3, -0.25) is 4.79 Å². The number of hydrogen-bond donors (Lipinski definition) is 1. The van der Waals surface area contributed by atoms with Crippen LogP contribution in [0.2, 0.25) is 0 Å². The molecule has 138 valence electrons. The van der Waals surface area contributed by atoms with Crippen LogP contribution in [0.1, 0.15) is 11.1 Å². The van der Waals surface area contributed by atoms with Crippen molar-refractivity contribution in [2.24, 2.45) is 0 Å². The van der Waals surface area contributed by atoms with Gasteiger partial charge in [-0.2, -0.15) is 0 Å². The molecule has 0 aromatic heterocycles. The Bertz CT molecular complexity index is 745. The van der Waals surface area contributed by atoms with E-state index >= 15 is 0 Å². The zero-order valence-electron chi connectivity index (χ0n) is 15.2. The highest BCUT2D eigenvalue weighted by atomic mass is 16.5. The molecule has 0 saturated heterocycles. The second-order valence-electron chi connectivity index (χ2n) is 5.70. The number of amides is 1. The molecule has 0 aliphatic carbocycles. The van der Waals surface area contributed by atoms with Crippen molar-refractivity contribution in [1.82, 2.24) is 5.32 Å². The van der Waals surface area contributed by atoms with E-state index in [0.717, 1.165) is 11.1 Å². The summed E-state index contributed by atoms with van der Waals surface area (Å²) in [6, 6.07) is 14.0. The predicted octanol–water partition coefficient (Wildman–Crippen LogP) is 2.15. The van der Waals surface area contributed by atoms with Crippen LogP contribution in [0.25, 0.3) is 0 Å². The molecule has 1 atom stereocenters. The molecule has 0 bridgehead atoms. The van der Waals surface area contributed by atoms with Gasteiger partial charge >= 0.3 is 5.97 Å². The zero-order valence-corrected chi connectivity index (χ0v) is 15.2. The fraction of sp³-hybridized carbons (Fsp3) is 0.300. The van der Waals surface area contributed by atoms with E-state index in [2.05, 4.69) is 5.32 Å². The van der Waals surface area contributed by atoms with Crippen molar-refractivity contribution in [3.63, 3.8) is 0 Å². The summed E-state index contributed by atoms with van der Waals surface area (Å²) in [4.78, 5) is 24.4. The van der Waals surface area contributed by atoms with E-state index in [4.69, 9.17) is 14.2 Å². The van der Waals surface area contributed by atoms with Crippen molar-refractivity contribution in [2.45, 2.75) is 18.9 Å². The average molecular weight is 357 g/mol. The van der Waals surface area contributed by atoms with E-state index in [9.17, 15) is 9.59 Å². The molecule has 2 rings (SSSR count). The van der Waals surface area contributed by atoms with E-state index in [1.807, 2.05) is 30.3 Å². The van der Waals surface area contributed by atoms with E-state index in [-0.39, 0.29) is 12.3 Å². The first kappa shape index (κ1) is 19.3. The van der Waals surface area contributed by atoms with Gasteiger partial charge in [0.25, 0.3) is 0 Å². The molecule has 1 amide bonds. The summed E-state index contributed by atoms with van der Waals surface area (Å²) in [7, 11) is 4.39. The minimum atomic E-state index is -0.741. The van der Waals surface area contributed by atoms with E-state index in [1.54, 1.807) is 25.3 Å². The van der Waals surface area contributed by atoms with Crippen LogP contribution in [0, 0.1) is 0 Å². The molecule has 1 unspecified atom stereocenters. The van der Waals surface area contributed by atoms with Gasteiger partial charge in [-0.05, 0) is 23.3 Å². The lowest BCUT2D eigenvalue weighted by Crippen LogP contribution is -2.43. The average Bonchev–Trinajstić information content (AvgIpc) is 2.67. The fourth-order valence-electron chi connectivity index (χ4n) is 2.61.